The molecule has 2 aromatic carbocycles. The molecule has 0 aliphatic rings. The fourth-order valence-electron chi connectivity index (χ4n) is 1.94. The minimum atomic E-state index is -0.298. The van der Waals surface area contributed by atoms with Gasteiger partial charge in [-0.1, -0.05) is 50.5 Å². The molecule has 1 aromatic heterocycles. The number of halogens is 3. The van der Waals surface area contributed by atoms with Crippen molar-refractivity contribution < 1.29 is 4.79 Å². The van der Waals surface area contributed by atoms with Crippen molar-refractivity contribution in [2.75, 3.05) is 5.32 Å². The zero-order chi connectivity index (χ0) is 15.9. The molecule has 0 unspecified atom stereocenters. The second-order valence-electron chi connectivity index (χ2n) is 4.67. The van der Waals surface area contributed by atoms with Gasteiger partial charge in [0.1, 0.15) is 0 Å². The molecule has 3 rings (SSSR count). The summed E-state index contributed by atoms with van der Waals surface area (Å²) in [6.07, 6.45) is 0. The summed E-state index contributed by atoms with van der Waals surface area (Å²) in [5.74, 6) is -0.298. The highest BCUT2D eigenvalue weighted by Gasteiger charge is 2.14. The molecule has 7 heteroatoms. The molecule has 3 aromatic rings. The fraction of sp³-hybridized carbons (Fsp3) is 0.0667. The molecule has 0 saturated carbocycles. The van der Waals surface area contributed by atoms with Gasteiger partial charge in [0.05, 0.1) is 20.8 Å². The van der Waals surface area contributed by atoms with Gasteiger partial charge in [-0.15, -0.1) is 0 Å². The SMILES string of the molecule is Cc1cc2sc(NC(=O)c3cc(Br)ccc3Cl)nc2cc1Cl. The number of hydrogen-bond donors (Lipinski definition) is 1. The van der Waals surface area contributed by atoms with E-state index in [4.69, 9.17) is 23.2 Å². The first-order valence-corrected chi connectivity index (χ1v) is 8.63. The van der Waals surface area contributed by atoms with E-state index in [2.05, 4.69) is 26.2 Å². The van der Waals surface area contributed by atoms with Crippen molar-refractivity contribution in [3.05, 3.63) is 56.0 Å². The number of amides is 1. The number of hydrogen-bond acceptors (Lipinski definition) is 3. The zero-order valence-corrected chi connectivity index (χ0v) is 15.2. The van der Waals surface area contributed by atoms with Crippen LogP contribution in [0, 0.1) is 6.92 Å². The summed E-state index contributed by atoms with van der Waals surface area (Å²) >= 11 is 16.9. The maximum Gasteiger partial charge on any atom is 0.258 e. The first-order valence-electron chi connectivity index (χ1n) is 6.27. The molecule has 1 heterocycles. The van der Waals surface area contributed by atoms with Crippen molar-refractivity contribution in [3.8, 4) is 0 Å². The number of aryl methyl sites for hydroxylation is 1. The molecule has 1 N–H and O–H groups in total. The number of rotatable bonds is 2. The molecule has 3 nitrogen and oxygen atoms in total. The van der Waals surface area contributed by atoms with Crippen molar-refractivity contribution in [1.82, 2.24) is 4.98 Å². The number of fused-ring (bicyclic) bond motifs is 1. The number of nitrogens with zero attached hydrogens (tertiary/aromatic N) is 1. The Morgan fingerprint density at radius 1 is 1.23 bits per heavy atom. The highest BCUT2D eigenvalue weighted by molar-refractivity contribution is 9.10. The van der Waals surface area contributed by atoms with Crippen LogP contribution in [0.1, 0.15) is 15.9 Å². The van der Waals surface area contributed by atoms with E-state index in [1.54, 1.807) is 24.3 Å². The molecule has 0 spiro atoms. The summed E-state index contributed by atoms with van der Waals surface area (Å²) in [6, 6.07) is 8.87. The Morgan fingerprint density at radius 2 is 2.00 bits per heavy atom. The third kappa shape index (κ3) is 3.13. The Kier molecular flexibility index (Phi) is 4.41. The quantitative estimate of drug-likeness (QED) is 0.563. The Labute approximate surface area is 149 Å². The van der Waals surface area contributed by atoms with Gasteiger partial charge in [-0.05, 0) is 42.8 Å². The first kappa shape index (κ1) is 15.7. The number of aromatic nitrogens is 1. The number of carbonyl (C=O) groups is 1. The van der Waals surface area contributed by atoms with Crippen LogP contribution in [0.25, 0.3) is 10.2 Å². The van der Waals surface area contributed by atoms with Crippen LogP contribution in [0.4, 0.5) is 5.13 Å². The van der Waals surface area contributed by atoms with Crippen LogP contribution in [-0.4, -0.2) is 10.9 Å². The van der Waals surface area contributed by atoms with E-state index in [1.165, 1.54) is 11.3 Å². The van der Waals surface area contributed by atoms with Crippen LogP contribution in [0.5, 0.6) is 0 Å². The van der Waals surface area contributed by atoms with E-state index in [1.807, 2.05) is 13.0 Å². The number of nitrogens with one attached hydrogen (secondary N) is 1. The number of anilines is 1. The van der Waals surface area contributed by atoms with Crippen molar-refractivity contribution >= 4 is 71.7 Å². The van der Waals surface area contributed by atoms with Gasteiger partial charge in [0.2, 0.25) is 0 Å². The Balaban J connectivity index is 1.92. The second-order valence-corrected chi connectivity index (χ2v) is 7.43. The van der Waals surface area contributed by atoms with Crippen molar-refractivity contribution in [2.45, 2.75) is 6.92 Å². The summed E-state index contributed by atoms with van der Waals surface area (Å²) in [6.45, 7) is 1.93. The Hall–Kier alpha value is -1.14. The molecule has 0 saturated heterocycles. The normalized spacial score (nSPS) is 10.9. The van der Waals surface area contributed by atoms with Gasteiger partial charge in [-0.25, -0.2) is 4.98 Å². The summed E-state index contributed by atoms with van der Waals surface area (Å²) in [4.78, 5) is 16.7. The van der Waals surface area contributed by atoms with Gasteiger partial charge in [0.25, 0.3) is 5.91 Å². The van der Waals surface area contributed by atoms with Gasteiger partial charge in [0, 0.05) is 9.50 Å². The lowest BCUT2D eigenvalue weighted by Gasteiger charge is -2.04. The van der Waals surface area contributed by atoms with Crippen LogP contribution in [-0.2, 0) is 0 Å². The maximum atomic E-state index is 12.3. The zero-order valence-electron chi connectivity index (χ0n) is 11.3. The third-order valence-electron chi connectivity index (χ3n) is 3.06. The van der Waals surface area contributed by atoms with Crippen LogP contribution >= 0.6 is 50.5 Å². The molecule has 0 atom stereocenters. The predicted molar refractivity (Wildman–Crippen MR) is 96.5 cm³/mol. The monoisotopic (exact) mass is 414 g/mol. The minimum Gasteiger partial charge on any atom is -0.298 e. The highest BCUT2D eigenvalue weighted by atomic mass is 79.9. The molecule has 1 amide bonds. The lowest BCUT2D eigenvalue weighted by molar-refractivity contribution is 0.102. The van der Waals surface area contributed by atoms with Crippen LogP contribution in [0.3, 0.4) is 0 Å². The van der Waals surface area contributed by atoms with Gasteiger partial charge >= 0.3 is 0 Å². The van der Waals surface area contributed by atoms with Crippen molar-refractivity contribution in [3.63, 3.8) is 0 Å². The predicted octanol–water partition coefficient (Wildman–Crippen LogP) is 5.93. The van der Waals surface area contributed by atoms with E-state index in [9.17, 15) is 4.79 Å². The summed E-state index contributed by atoms with van der Waals surface area (Å²) in [5, 5.41) is 4.33. The molecule has 0 bridgehead atoms. The maximum absolute atomic E-state index is 12.3. The van der Waals surface area contributed by atoms with Crippen molar-refractivity contribution in [1.29, 1.82) is 0 Å². The van der Waals surface area contributed by atoms with E-state index < -0.39 is 0 Å². The minimum absolute atomic E-state index is 0.298. The third-order valence-corrected chi connectivity index (χ3v) is 5.23. The summed E-state index contributed by atoms with van der Waals surface area (Å²) in [7, 11) is 0. The standard InChI is InChI=1S/C15H9BrCl2N2OS/c1-7-4-13-12(6-11(7)18)19-15(22-13)20-14(21)9-5-8(16)2-3-10(9)17/h2-6H,1H3,(H,19,20,21). The van der Waals surface area contributed by atoms with Gasteiger partial charge in [0.15, 0.2) is 5.13 Å². The molecule has 22 heavy (non-hydrogen) atoms. The van der Waals surface area contributed by atoms with Gasteiger partial charge < -0.3 is 0 Å². The van der Waals surface area contributed by atoms with E-state index in [0.29, 0.717) is 20.7 Å². The smallest absolute Gasteiger partial charge is 0.258 e. The molecule has 0 radical (unpaired) electrons. The van der Waals surface area contributed by atoms with Gasteiger partial charge in [-0.2, -0.15) is 0 Å². The second kappa shape index (κ2) is 6.16. The summed E-state index contributed by atoms with van der Waals surface area (Å²) in [5.41, 5.74) is 2.13. The summed E-state index contributed by atoms with van der Waals surface area (Å²) < 4.78 is 1.76. The van der Waals surface area contributed by atoms with E-state index >= 15 is 0 Å². The average Bonchev–Trinajstić information content (AvgIpc) is 2.83. The molecule has 0 aliphatic carbocycles. The topological polar surface area (TPSA) is 42.0 Å². The lowest BCUT2D eigenvalue weighted by Crippen LogP contribution is -2.12. The van der Waals surface area contributed by atoms with Crippen LogP contribution < -0.4 is 5.32 Å². The van der Waals surface area contributed by atoms with Gasteiger partial charge in [-0.3, -0.25) is 10.1 Å². The molecule has 112 valence electrons. The van der Waals surface area contributed by atoms with Crippen molar-refractivity contribution in [2.24, 2.45) is 0 Å². The average molecular weight is 416 g/mol. The van der Waals surface area contributed by atoms with E-state index in [0.717, 1.165) is 20.3 Å². The van der Waals surface area contributed by atoms with E-state index in [-0.39, 0.29) is 5.91 Å². The fourth-order valence-corrected chi connectivity index (χ4v) is 3.60. The van der Waals surface area contributed by atoms with Crippen LogP contribution in [0.2, 0.25) is 10.0 Å². The molecule has 0 fully saturated rings. The first-order chi connectivity index (χ1) is 10.4. The number of carbonyl (C=O) groups excluding carboxylic acids is 1. The lowest BCUT2D eigenvalue weighted by atomic mass is 10.2. The van der Waals surface area contributed by atoms with Crippen LogP contribution in [0.15, 0.2) is 34.8 Å². The highest BCUT2D eigenvalue weighted by Crippen LogP contribution is 2.31. The Bertz CT molecular complexity index is 856. The number of thiazole rings is 1. The molecular formula is C15H9BrCl2N2OS. The largest absolute Gasteiger partial charge is 0.298 e. The number of benzene rings is 2. The Morgan fingerprint density at radius 3 is 2.77 bits per heavy atom. The molecular weight excluding hydrogens is 407 g/mol. The molecule has 0 aliphatic heterocycles.